The fourth-order valence-electron chi connectivity index (χ4n) is 2.08. The molecular formula is C16H27N3O2. The van der Waals surface area contributed by atoms with Crippen LogP contribution in [0.5, 0.6) is 5.75 Å². The highest BCUT2D eigenvalue weighted by molar-refractivity contribution is 5.82. The number of nitrogens with two attached hydrogens (primary N) is 1. The van der Waals surface area contributed by atoms with Crippen LogP contribution in [0.4, 0.5) is 0 Å². The molecule has 1 rings (SSSR count). The largest absolute Gasteiger partial charge is 0.508 e. The van der Waals surface area contributed by atoms with E-state index in [0.29, 0.717) is 12.3 Å². The second kappa shape index (κ2) is 8.00. The number of hydrogen-bond donors (Lipinski definition) is 3. The fourth-order valence-corrected chi connectivity index (χ4v) is 2.08. The van der Waals surface area contributed by atoms with Gasteiger partial charge in [0, 0.05) is 12.6 Å². The first-order chi connectivity index (χ1) is 9.79. The lowest BCUT2D eigenvalue weighted by Gasteiger charge is -2.27. The first-order valence-electron chi connectivity index (χ1n) is 7.28. The van der Waals surface area contributed by atoms with Gasteiger partial charge in [-0.3, -0.25) is 4.79 Å². The van der Waals surface area contributed by atoms with Crippen molar-refractivity contribution in [1.82, 2.24) is 10.2 Å². The summed E-state index contributed by atoms with van der Waals surface area (Å²) in [5.74, 6) is 0.420. The molecule has 0 saturated heterocycles. The third kappa shape index (κ3) is 6.14. The molecule has 0 aliphatic carbocycles. The van der Waals surface area contributed by atoms with E-state index in [0.717, 1.165) is 12.1 Å². The van der Waals surface area contributed by atoms with Gasteiger partial charge >= 0.3 is 0 Å². The van der Waals surface area contributed by atoms with Gasteiger partial charge in [-0.15, -0.1) is 0 Å². The second-order valence-electron chi connectivity index (χ2n) is 6.10. The van der Waals surface area contributed by atoms with E-state index in [1.165, 1.54) is 0 Å². The van der Waals surface area contributed by atoms with Gasteiger partial charge in [0.2, 0.25) is 5.91 Å². The smallest absolute Gasteiger partial charge is 0.237 e. The normalized spacial score (nSPS) is 14.2. The maximum Gasteiger partial charge on any atom is 0.237 e. The fraction of sp³-hybridized carbons (Fsp3) is 0.562. The number of rotatable bonds is 7. The molecule has 1 aromatic carbocycles. The van der Waals surface area contributed by atoms with Crippen LogP contribution in [0.15, 0.2) is 24.3 Å². The van der Waals surface area contributed by atoms with Gasteiger partial charge in [-0.05, 0) is 44.1 Å². The van der Waals surface area contributed by atoms with Crippen molar-refractivity contribution in [3.05, 3.63) is 29.8 Å². The molecule has 1 amide bonds. The Kier molecular flexibility index (Phi) is 6.65. The minimum absolute atomic E-state index is 0.0818. The first-order valence-corrected chi connectivity index (χ1v) is 7.28. The minimum atomic E-state index is -0.585. The third-order valence-corrected chi connectivity index (χ3v) is 3.42. The summed E-state index contributed by atoms with van der Waals surface area (Å²) >= 11 is 0. The minimum Gasteiger partial charge on any atom is -0.508 e. The maximum absolute atomic E-state index is 12.2. The highest BCUT2D eigenvalue weighted by atomic mass is 16.3. The van der Waals surface area contributed by atoms with Crippen LogP contribution in [0.3, 0.4) is 0 Å². The Morgan fingerprint density at radius 3 is 2.33 bits per heavy atom. The second-order valence-corrected chi connectivity index (χ2v) is 6.10. The van der Waals surface area contributed by atoms with Crippen LogP contribution in [0.2, 0.25) is 0 Å². The molecule has 118 valence electrons. The van der Waals surface area contributed by atoms with Gasteiger partial charge in [0.1, 0.15) is 5.75 Å². The van der Waals surface area contributed by atoms with Crippen LogP contribution in [0, 0.1) is 5.92 Å². The SMILES string of the molecule is CC(C)C(CN(C)C)NC(=O)[C@@H](N)Cc1ccc(O)cc1. The number of carbonyl (C=O) groups is 1. The summed E-state index contributed by atoms with van der Waals surface area (Å²) in [6.07, 6.45) is 0.457. The van der Waals surface area contributed by atoms with Gasteiger partial charge in [-0.2, -0.15) is 0 Å². The quantitative estimate of drug-likeness (QED) is 0.700. The number of aromatic hydroxyl groups is 1. The molecule has 4 N–H and O–H groups in total. The summed E-state index contributed by atoms with van der Waals surface area (Å²) in [5.41, 5.74) is 6.91. The van der Waals surface area contributed by atoms with Crippen LogP contribution in [-0.4, -0.2) is 48.6 Å². The van der Waals surface area contributed by atoms with Crippen molar-refractivity contribution in [3.63, 3.8) is 0 Å². The Labute approximate surface area is 127 Å². The van der Waals surface area contributed by atoms with Crippen molar-refractivity contribution in [2.75, 3.05) is 20.6 Å². The van der Waals surface area contributed by atoms with Crippen LogP contribution >= 0.6 is 0 Å². The molecule has 0 aliphatic rings. The van der Waals surface area contributed by atoms with E-state index in [-0.39, 0.29) is 17.7 Å². The molecule has 0 aromatic heterocycles. The van der Waals surface area contributed by atoms with E-state index in [2.05, 4.69) is 24.1 Å². The molecule has 5 heteroatoms. The lowest BCUT2D eigenvalue weighted by atomic mass is 10.0. The van der Waals surface area contributed by atoms with Crippen LogP contribution < -0.4 is 11.1 Å². The Balaban J connectivity index is 2.58. The van der Waals surface area contributed by atoms with Gasteiger partial charge in [0.05, 0.1) is 6.04 Å². The number of nitrogens with one attached hydrogen (secondary N) is 1. The Bertz CT molecular complexity index is 443. The Hall–Kier alpha value is -1.59. The summed E-state index contributed by atoms with van der Waals surface area (Å²) in [6.45, 7) is 4.95. The Morgan fingerprint density at radius 2 is 1.86 bits per heavy atom. The van der Waals surface area contributed by atoms with Crippen molar-refractivity contribution in [1.29, 1.82) is 0 Å². The molecule has 1 aromatic rings. The highest BCUT2D eigenvalue weighted by Gasteiger charge is 2.21. The highest BCUT2D eigenvalue weighted by Crippen LogP contribution is 2.11. The maximum atomic E-state index is 12.2. The van der Waals surface area contributed by atoms with Gasteiger partial charge in [-0.25, -0.2) is 0 Å². The van der Waals surface area contributed by atoms with Gasteiger partial charge in [0.25, 0.3) is 0 Å². The molecule has 0 bridgehead atoms. The van der Waals surface area contributed by atoms with E-state index >= 15 is 0 Å². The number of likely N-dealkylation sites (N-methyl/N-ethyl adjacent to an activating group) is 1. The number of hydrogen-bond acceptors (Lipinski definition) is 4. The molecule has 5 nitrogen and oxygen atoms in total. The monoisotopic (exact) mass is 293 g/mol. The molecule has 0 fully saturated rings. The van der Waals surface area contributed by atoms with Gasteiger partial charge < -0.3 is 21.1 Å². The van der Waals surface area contributed by atoms with Crippen LogP contribution in [0.1, 0.15) is 19.4 Å². The molecule has 21 heavy (non-hydrogen) atoms. The van der Waals surface area contributed by atoms with Crippen molar-refractivity contribution in [3.8, 4) is 5.75 Å². The molecule has 0 saturated carbocycles. The summed E-state index contributed by atoms with van der Waals surface area (Å²) in [5, 5.41) is 12.3. The standard InChI is InChI=1S/C16H27N3O2/c1-11(2)15(10-19(3)4)18-16(21)14(17)9-12-5-7-13(20)8-6-12/h5-8,11,14-15,20H,9-10,17H2,1-4H3,(H,18,21)/t14-,15?/m0/s1. The van der Waals surface area contributed by atoms with E-state index in [9.17, 15) is 9.90 Å². The predicted molar refractivity (Wildman–Crippen MR) is 85.1 cm³/mol. The van der Waals surface area contributed by atoms with E-state index in [1.54, 1.807) is 24.3 Å². The van der Waals surface area contributed by atoms with Crippen LogP contribution in [0.25, 0.3) is 0 Å². The van der Waals surface area contributed by atoms with Gasteiger partial charge in [-0.1, -0.05) is 26.0 Å². The molecule has 0 heterocycles. The molecular weight excluding hydrogens is 266 g/mol. The lowest BCUT2D eigenvalue weighted by Crippen LogP contribution is -2.51. The lowest BCUT2D eigenvalue weighted by molar-refractivity contribution is -0.123. The zero-order valence-corrected chi connectivity index (χ0v) is 13.3. The number of amides is 1. The van der Waals surface area contributed by atoms with Crippen molar-refractivity contribution in [2.24, 2.45) is 11.7 Å². The van der Waals surface area contributed by atoms with Crippen molar-refractivity contribution >= 4 is 5.91 Å². The van der Waals surface area contributed by atoms with Gasteiger partial charge in [0.15, 0.2) is 0 Å². The first kappa shape index (κ1) is 17.5. The van der Waals surface area contributed by atoms with Crippen molar-refractivity contribution < 1.29 is 9.90 Å². The third-order valence-electron chi connectivity index (χ3n) is 3.42. The number of phenols is 1. The van der Waals surface area contributed by atoms with E-state index in [1.807, 2.05) is 14.1 Å². The van der Waals surface area contributed by atoms with Crippen LogP contribution in [-0.2, 0) is 11.2 Å². The number of benzene rings is 1. The number of nitrogens with zero attached hydrogens (tertiary/aromatic N) is 1. The molecule has 0 aliphatic heterocycles. The molecule has 0 radical (unpaired) electrons. The molecule has 0 spiro atoms. The summed E-state index contributed by atoms with van der Waals surface area (Å²) in [7, 11) is 3.97. The molecule has 2 atom stereocenters. The average molecular weight is 293 g/mol. The predicted octanol–water partition coefficient (Wildman–Crippen LogP) is 0.964. The molecule has 1 unspecified atom stereocenters. The average Bonchev–Trinajstić information content (AvgIpc) is 2.39. The van der Waals surface area contributed by atoms with E-state index < -0.39 is 6.04 Å². The van der Waals surface area contributed by atoms with Crippen molar-refractivity contribution in [2.45, 2.75) is 32.4 Å². The summed E-state index contributed by atoms with van der Waals surface area (Å²) in [6, 6.07) is 6.26. The zero-order valence-electron chi connectivity index (χ0n) is 13.3. The number of phenolic OH excluding ortho intramolecular Hbond substituents is 1. The van der Waals surface area contributed by atoms with E-state index in [4.69, 9.17) is 5.73 Å². The zero-order chi connectivity index (χ0) is 16.0. The number of carbonyl (C=O) groups excluding carboxylic acids is 1. The summed E-state index contributed by atoms with van der Waals surface area (Å²) < 4.78 is 0. The Morgan fingerprint density at radius 1 is 1.29 bits per heavy atom. The topological polar surface area (TPSA) is 78.6 Å². The summed E-state index contributed by atoms with van der Waals surface area (Å²) in [4.78, 5) is 14.3.